The Labute approximate surface area is 130 Å². The Morgan fingerprint density at radius 2 is 1.50 bits per heavy atom. The number of thiol groups is 1. The van der Waals surface area contributed by atoms with Crippen molar-refractivity contribution < 1.29 is 9.53 Å². The first kappa shape index (κ1) is 19.8. The number of ether oxygens (including phenoxy) is 1. The molecule has 0 heterocycles. The van der Waals surface area contributed by atoms with E-state index in [0.717, 1.165) is 12.8 Å². The summed E-state index contributed by atoms with van der Waals surface area (Å²) in [4.78, 5) is 11.5. The van der Waals surface area contributed by atoms with Crippen LogP contribution in [0.4, 0.5) is 0 Å². The van der Waals surface area contributed by atoms with Crippen LogP contribution in [0.15, 0.2) is 0 Å². The number of nitrogens with one attached hydrogen (secondary N) is 1. The van der Waals surface area contributed by atoms with E-state index in [1.807, 2.05) is 0 Å². The molecule has 0 saturated heterocycles. The van der Waals surface area contributed by atoms with Crippen LogP contribution >= 0.6 is 12.6 Å². The number of carbonyl (C=O) groups is 1. The molecule has 3 nitrogen and oxygen atoms in total. The van der Waals surface area contributed by atoms with Crippen molar-refractivity contribution in [1.29, 1.82) is 0 Å². The van der Waals surface area contributed by atoms with Crippen molar-refractivity contribution in [3.05, 3.63) is 0 Å². The minimum atomic E-state index is -0.276. The third-order valence-corrected chi connectivity index (χ3v) is 3.92. The molecule has 0 bridgehead atoms. The lowest BCUT2D eigenvalue weighted by molar-refractivity contribution is -0.145. The summed E-state index contributed by atoms with van der Waals surface area (Å²) in [5.41, 5.74) is 0. The first-order valence-corrected chi connectivity index (χ1v) is 8.84. The third kappa shape index (κ3) is 11.6. The van der Waals surface area contributed by atoms with Crippen molar-refractivity contribution in [2.24, 2.45) is 0 Å². The maximum atomic E-state index is 11.5. The first-order chi connectivity index (χ1) is 9.76. The Morgan fingerprint density at radius 3 is 1.95 bits per heavy atom. The van der Waals surface area contributed by atoms with Gasteiger partial charge in [-0.2, -0.15) is 12.6 Å². The highest BCUT2D eigenvalue weighted by Gasteiger charge is 2.15. The third-order valence-electron chi connectivity index (χ3n) is 3.56. The molecule has 0 amide bonds. The number of esters is 1. The highest BCUT2D eigenvalue weighted by molar-refractivity contribution is 7.80. The number of rotatable bonds is 14. The minimum Gasteiger partial charge on any atom is -0.465 e. The SMILES string of the molecule is CCCCCCCCCCCCOC(=O)[C@@H](CS)NC. The lowest BCUT2D eigenvalue weighted by Crippen LogP contribution is -2.37. The van der Waals surface area contributed by atoms with Gasteiger partial charge in [0.1, 0.15) is 6.04 Å². The van der Waals surface area contributed by atoms with Gasteiger partial charge in [0.25, 0.3) is 0 Å². The number of unbranched alkanes of at least 4 members (excludes halogenated alkanes) is 9. The van der Waals surface area contributed by atoms with Gasteiger partial charge in [-0.25, -0.2) is 0 Å². The van der Waals surface area contributed by atoms with Gasteiger partial charge < -0.3 is 10.1 Å². The van der Waals surface area contributed by atoms with Gasteiger partial charge in [0.15, 0.2) is 0 Å². The molecular weight excluding hydrogens is 270 g/mol. The van der Waals surface area contributed by atoms with Gasteiger partial charge in [-0.3, -0.25) is 4.79 Å². The lowest BCUT2D eigenvalue weighted by atomic mass is 10.1. The number of carbonyl (C=O) groups excluding carboxylic acids is 1. The summed E-state index contributed by atoms with van der Waals surface area (Å²) >= 11 is 4.10. The van der Waals surface area contributed by atoms with Gasteiger partial charge in [0.05, 0.1) is 6.61 Å². The van der Waals surface area contributed by atoms with E-state index in [-0.39, 0.29) is 12.0 Å². The van der Waals surface area contributed by atoms with E-state index in [1.165, 1.54) is 51.4 Å². The maximum Gasteiger partial charge on any atom is 0.323 e. The van der Waals surface area contributed by atoms with E-state index < -0.39 is 0 Å². The van der Waals surface area contributed by atoms with E-state index in [4.69, 9.17) is 4.74 Å². The molecule has 0 rings (SSSR count). The summed E-state index contributed by atoms with van der Waals surface area (Å²) in [5, 5.41) is 2.89. The summed E-state index contributed by atoms with van der Waals surface area (Å²) in [6.07, 6.45) is 12.9. The number of hydrogen-bond acceptors (Lipinski definition) is 4. The number of likely N-dealkylation sites (N-methyl/N-ethyl adjacent to an activating group) is 1. The predicted octanol–water partition coefficient (Wildman–Crippen LogP) is 3.97. The molecule has 0 saturated carbocycles. The second-order valence-electron chi connectivity index (χ2n) is 5.37. The van der Waals surface area contributed by atoms with Crippen LogP contribution in [0.25, 0.3) is 0 Å². The van der Waals surface area contributed by atoms with Crippen LogP contribution in [0, 0.1) is 0 Å². The standard InChI is InChI=1S/C16H33NO2S/c1-3-4-5-6-7-8-9-10-11-12-13-19-16(18)15(14-20)17-2/h15,17,20H,3-14H2,1-2H3/t15-/m1/s1. The average molecular weight is 304 g/mol. The summed E-state index contributed by atoms with van der Waals surface area (Å²) in [7, 11) is 1.75. The minimum absolute atomic E-state index is 0.182. The zero-order valence-electron chi connectivity index (χ0n) is 13.3. The smallest absolute Gasteiger partial charge is 0.323 e. The fraction of sp³-hybridized carbons (Fsp3) is 0.938. The van der Waals surface area contributed by atoms with Crippen LogP contribution < -0.4 is 5.32 Å². The zero-order chi connectivity index (χ0) is 15.1. The Bertz CT molecular complexity index is 221. The molecule has 0 aromatic rings. The van der Waals surface area contributed by atoms with Crippen LogP contribution in [-0.4, -0.2) is 31.4 Å². The van der Waals surface area contributed by atoms with Gasteiger partial charge in [0.2, 0.25) is 0 Å². The van der Waals surface area contributed by atoms with Crippen LogP contribution in [0.5, 0.6) is 0 Å². The van der Waals surface area contributed by atoms with E-state index in [0.29, 0.717) is 12.4 Å². The van der Waals surface area contributed by atoms with Crippen LogP contribution in [0.1, 0.15) is 71.1 Å². The van der Waals surface area contributed by atoms with Gasteiger partial charge >= 0.3 is 5.97 Å². The Kier molecular flexibility index (Phi) is 15.0. The molecule has 0 fully saturated rings. The molecule has 0 spiro atoms. The normalized spacial score (nSPS) is 12.3. The first-order valence-electron chi connectivity index (χ1n) is 8.21. The molecular formula is C16H33NO2S. The van der Waals surface area contributed by atoms with Crippen molar-refractivity contribution in [3.63, 3.8) is 0 Å². The predicted molar refractivity (Wildman–Crippen MR) is 89.5 cm³/mol. The number of hydrogen-bond donors (Lipinski definition) is 2. The maximum absolute atomic E-state index is 11.5. The summed E-state index contributed by atoms with van der Waals surface area (Å²) in [5.74, 6) is 0.298. The van der Waals surface area contributed by atoms with Crippen molar-refractivity contribution in [2.45, 2.75) is 77.2 Å². The Balaban J connectivity index is 3.22. The largest absolute Gasteiger partial charge is 0.465 e. The van der Waals surface area contributed by atoms with E-state index in [9.17, 15) is 4.79 Å². The molecule has 0 aliphatic heterocycles. The molecule has 20 heavy (non-hydrogen) atoms. The van der Waals surface area contributed by atoms with Gasteiger partial charge in [-0.15, -0.1) is 0 Å². The van der Waals surface area contributed by atoms with Gasteiger partial charge in [-0.1, -0.05) is 64.7 Å². The average Bonchev–Trinajstić information content (AvgIpc) is 2.46. The molecule has 1 N–H and O–H groups in total. The summed E-state index contributed by atoms with van der Waals surface area (Å²) in [6.45, 7) is 2.79. The molecule has 0 radical (unpaired) electrons. The fourth-order valence-electron chi connectivity index (χ4n) is 2.15. The van der Waals surface area contributed by atoms with Crippen molar-refractivity contribution in [3.8, 4) is 0 Å². The van der Waals surface area contributed by atoms with Crippen molar-refractivity contribution >= 4 is 18.6 Å². The molecule has 0 aromatic heterocycles. The quantitative estimate of drug-likeness (QED) is 0.290. The van der Waals surface area contributed by atoms with Crippen LogP contribution in [0.3, 0.4) is 0 Å². The fourth-order valence-corrected chi connectivity index (χ4v) is 2.48. The molecule has 0 aliphatic carbocycles. The highest BCUT2D eigenvalue weighted by Crippen LogP contribution is 2.10. The molecule has 0 aliphatic rings. The van der Waals surface area contributed by atoms with E-state index >= 15 is 0 Å². The Hall–Kier alpha value is -0.220. The summed E-state index contributed by atoms with van der Waals surface area (Å²) < 4.78 is 5.21. The van der Waals surface area contributed by atoms with Gasteiger partial charge in [-0.05, 0) is 13.5 Å². The second kappa shape index (κ2) is 15.2. The Morgan fingerprint density at radius 1 is 1.00 bits per heavy atom. The van der Waals surface area contributed by atoms with Crippen LogP contribution in [0.2, 0.25) is 0 Å². The highest BCUT2D eigenvalue weighted by atomic mass is 32.1. The molecule has 0 aromatic carbocycles. The monoisotopic (exact) mass is 303 g/mol. The lowest BCUT2D eigenvalue weighted by Gasteiger charge is -2.12. The van der Waals surface area contributed by atoms with E-state index in [1.54, 1.807) is 7.05 Å². The summed E-state index contributed by atoms with van der Waals surface area (Å²) in [6, 6.07) is -0.276. The molecule has 4 heteroatoms. The second-order valence-corrected chi connectivity index (χ2v) is 5.74. The molecule has 1 atom stereocenters. The molecule has 120 valence electrons. The van der Waals surface area contributed by atoms with Crippen molar-refractivity contribution in [1.82, 2.24) is 5.32 Å². The van der Waals surface area contributed by atoms with E-state index in [2.05, 4.69) is 24.9 Å². The molecule has 0 unspecified atom stereocenters. The van der Waals surface area contributed by atoms with Crippen molar-refractivity contribution in [2.75, 3.05) is 19.4 Å². The zero-order valence-corrected chi connectivity index (χ0v) is 14.2. The topological polar surface area (TPSA) is 38.3 Å². The van der Waals surface area contributed by atoms with Gasteiger partial charge in [0, 0.05) is 5.75 Å². The van der Waals surface area contributed by atoms with Crippen LogP contribution in [-0.2, 0) is 9.53 Å².